The minimum Gasteiger partial charge on any atom is -0.495 e. The molecular formula is C14H22FN3O. The van der Waals surface area contributed by atoms with Crippen LogP contribution in [0.5, 0.6) is 5.75 Å². The van der Waals surface area contributed by atoms with Crippen LogP contribution in [0.2, 0.25) is 0 Å². The third kappa shape index (κ3) is 2.61. The SMILES string of the molecule is COc1cc(N2CC(C)N(C)C(C)C2)c(F)cc1N. The van der Waals surface area contributed by atoms with E-state index in [-0.39, 0.29) is 5.82 Å². The van der Waals surface area contributed by atoms with E-state index in [1.54, 1.807) is 13.2 Å². The van der Waals surface area contributed by atoms with Crippen LogP contribution in [0.15, 0.2) is 12.1 Å². The van der Waals surface area contributed by atoms with E-state index in [0.717, 1.165) is 13.1 Å². The molecule has 4 nitrogen and oxygen atoms in total. The van der Waals surface area contributed by atoms with E-state index in [4.69, 9.17) is 10.5 Å². The fourth-order valence-corrected chi connectivity index (χ4v) is 2.58. The maximum atomic E-state index is 14.1. The predicted molar refractivity (Wildman–Crippen MR) is 76.3 cm³/mol. The van der Waals surface area contributed by atoms with Crippen molar-refractivity contribution in [3.63, 3.8) is 0 Å². The Morgan fingerprint density at radius 1 is 1.26 bits per heavy atom. The fourth-order valence-electron chi connectivity index (χ4n) is 2.58. The summed E-state index contributed by atoms with van der Waals surface area (Å²) in [6.45, 7) is 5.89. The first-order valence-electron chi connectivity index (χ1n) is 6.54. The summed E-state index contributed by atoms with van der Waals surface area (Å²) in [5.41, 5.74) is 6.62. The third-order valence-electron chi connectivity index (χ3n) is 4.00. The number of anilines is 2. The second-order valence-corrected chi connectivity index (χ2v) is 5.31. The summed E-state index contributed by atoms with van der Waals surface area (Å²) in [4.78, 5) is 4.37. The minimum absolute atomic E-state index is 0.290. The van der Waals surface area contributed by atoms with Crippen molar-refractivity contribution >= 4 is 11.4 Å². The fraction of sp³-hybridized carbons (Fsp3) is 0.571. The molecule has 1 aromatic rings. The number of ether oxygens (including phenoxy) is 1. The number of hydrogen-bond donors (Lipinski definition) is 1. The zero-order chi connectivity index (χ0) is 14.2. The van der Waals surface area contributed by atoms with E-state index in [1.165, 1.54) is 6.07 Å². The molecule has 2 atom stereocenters. The molecule has 1 aliphatic rings. The molecule has 1 saturated heterocycles. The van der Waals surface area contributed by atoms with Crippen LogP contribution in [-0.4, -0.2) is 44.2 Å². The number of hydrogen-bond acceptors (Lipinski definition) is 4. The Hall–Kier alpha value is -1.49. The number of nitrogens with two attached hydrogens (primary N) is 1. The number of benzene rings is 1. The summed E-state index contributed by atoms with van der Waals surface area (Å²) in [7, 11) is 3.65. The van der Waals surface area contributed by atoms with Crippen LogP contribution in [-0.2, 0) is 0 Å². The van der Waals surface area contributed by atoms with E-state index >= 15 is 0 Å². The second-order valence-electron chi connectivity index (χ2n) is 5.31. The Kier molecular flexibility index (Phi) is 3.85. The van der Waals surface area contributed by atoms with Gasteiger partial charge in [0.15, 0.2) is 0 Å². The van der Waals surface area contributed by atoms with Gasteiger partial charge in [-0.25, -0.2) is 4.39 Å². The van der Waals surface area contributed by atoms with Crippen molar-refractivity contribution in [2.45, 2.75) is 25.9 Å². The first-order valence-corrected chi connectivity index (χ1v) is 6.54. The van der Waals surface area contributed by atoms with Gasteiger partial charge in [-0.2, -0.15) is 0 Å². The smallest absolute Gasteiger partial charge is 0.148 e. The normalized spacial score (nSPS) is 24.6. The van der Waals surface area contributed by atoms with Crippen molar-refractivity contribution in [3.05, 3.63) is 17.9 Å². The molecule has 0 radical (unpaired) electrons. The first-order chi connectivity index (χ1) is 8.93. The molecule has 19 heavy (non-hydrogen) atoms. The van der Waals surface area contributed by atoms with Crippen LogP contribution in [0.4, 0.5) is 15.8 Å². The molecule has 5 heteroatoms. The number of rotatable bonds is 2. The van der Waals surface area contributed by atoms with Crippen LogP contribution in [0.1, 0.15) is 13.8 Å². The molecule has 2 rings (SSSR count). The van der Waals surface area contributed by atoms with Crippen molar-refractivity contribution < 1.29 is 9.13 Å². The largest absolute Gasteiger partial charge is 0.495 e. The quantitative estimate of drug-likeness (QED) is 0.832. The highest BCUT2D eigenvalue weighted by Crippen LogP contribution is 2.32. The molecule has 1 heterocycles. The maximum absolute atomic E-state index is 14.1. The van der Waals surface area contributed by atoms with E-state index in [2.05, 4.69) is 30.7 Å². The van der Waals surface area contributed by atoms with E-state index < -0.39 is 0 Å². The molecular weight excluding hydrogens is 245 g/mol. The van der Waals surface area contributed by atoms with Gasteiger partial charge in [-0.1, -0.05) is 0 Å². The highest BCUT2D eigenvalue weighted by atomic mass is 19.1. The zero-order valence-electron chi connectivity index (χ0n) is 12.0. The Balaban J connectivity index is 2.31. The molecule has 1 aromatic carbocycles. The first kappa shape index (κ1) is 13.9. The molecule has 0 aliphatic carbocycles. The third-order valence-corrected chi connectivity index (χ3v) is 4.00. The maximum Gasteiger partial charge on any atom is 0.148 e. The van der Waals surface area contributed by atoms with Gasteiger partial charge in [0.1, 0.15) is 11.6 Å². The Labute approximate surface area is 113 Å². The summed E-state index contributed by atoms with van der Waals surface area (Å²) in [5.74, 6) is 0.234. The molecule has 106 valence electrons. The summed E-state index contributed by atoms with van der Waals surface area (Å²) >= 11 is 0. The Morgan fingerprint density at radius 3 is 2.37 bits per heavy atom. The van der Waals surface area contributed by atoms with E-state index in [9.17, 15) is 4.39 Å². The molecule has 0 aromatic heterocycles. The topological polar surface area (TPSA) is 41.7 Å². The summed E-state index contributed by atoms with van der Waals surface area (Å²) < 4.78 is 19.3. The summed E-state index contributed by atoms with van der Waals surface area (Å²) in [5, 5.41) is 0. The van der Waals surface area contributed by atoms with Crippen LogP contribution in [0.25, 0.3) is 0 Å². The molecule has 0 bridgehead atoms. The minimum atomic E-state index is -0.290. The van der Waals surface area contributed by atoms with Crippen LogP contribution in [0.3, 0.4) is 0 Å². The van der Waals surface area contributed by atoms with Gasteiger partial charge in [0, 0.05) is 37.3 Å². The molecule has 0 amide bonds. The number of likely N-dealkylation sites (N-methyl/N-ethyl adjacent to an activating group) is 1. The lowest BCUT2D eigenvalue weighted by Gasteiger charge is -2.43. The second kappa shape index (κ2) is 5.25. The van der Waals surface area contributed by atoms with Gasteiger partial charge in [-0.15, -0.1) is 0 Å². The van der Waals surface area contributed by atoms with Crippen molar-refractivity contribution in [2.75, 3.05) is 37.9 Å². The highest BCUT2D eigenvalue weighted by molar-refractivity contribution is 5.63. The van der Waals surface area contributed by atoms with Gasteiger partial charge < -0.3 is 15.4 Å². The lowest BCUT2D eigenvalue weighted by molar-refractivity contribution is 0.169. The van der Waals surface area contributed by atoms with Gasteiger partial charge >= 0.3 is 0 Å². The van der Waals surface area contributed by atoms with Gasteiger partial charge in [-0.3, -0.25) is 4.90 Å². The molecule has 1 fully saturated rings. The molecule has 2 unspecified atom stereocenters. The zero-order valence-corrected chi connectivity index (χ0v) is 12.0. The Bertz CT molecular complexity index is 454. The van der Waals surface area contributed by atoms with Gasteiger partial charge in [0.2, 0.25) is 0 Å². The summed E-state index contributed by atoms with van der Waals surface area (Å²) in [6, 6.07) is 3.79. The van der Waals surface area contributed by atoms with Crippen molar-refractivity contribution in [2.24, 2.45) is 0 Å². The summed E-state index contributed by atoms with van der Waals surface area (Å²) in [6.07, 6.45) is 0. The molecule has 0 saturated carbocycles. The number of nitrogen functional groups attached to an aromatic ring is 1. The number of piperazine rings is 1. The average molecular weight is 267 g/mol. The predicted octanol–water partition coefficient (Wildman–Crippen LogP) is 1.95. The molecule has 1 aliphatic heterocycles. The van der Waals surface area contributed by atoms with E-state index in [1.807, 2.05) is 0 Å². The van der Waals surface area contributed by atoms with Crippen LogP contribution >= 0.6 is 0 Å². The van der Waals surface area contributed by atoms with Crippen molar-refractivity contribution in [1.29, 1.82) is 0 Å². The number of nitrogens with zero attached hydrogens (tertiary/aromatic N) is 2. The van der Waals surface area contributed by atoms with Gasteiger partial charge in [0.05, 0.1) is 18.5 Å². The standard InChI is InChI=1S/C14H22FN3O/c1-9-7-18(8-10(2)17(9)3)13-6-14(19-4)12(16)5-11(13)15/h5-6,9-10H,7-8,16H2,1-4H3. The van der Waals surface area contributed by atoms with Crippen molar-refractivity contribution in [1.82, 2.24) is 4.90 Å². The lowest BCUT2D eigenvalue weighted by atomic mass is 10.1. The van der Waals surface area contributed by atoms with E-state index in [0.29, 0.717) is 29.2 Å². The number of halogens is 1. The van der Waals surface area contributed by atoms with Crippen molar-refractivity contribution in [3.8, 4) is 5.75 Å². The highest BCUT2D eigenvalue weighted by Gasteiger charge is 2.28. The van der Waals surface area contributed by atoms with Gasteiger partial charge in [0.25, 0.3) is 0 Å². The lowest BCUT2D eigenvalue weighted by Crippen LogP contribution is -2.55. The van der Waals surface area contributed by atoms with Crippen LogP contribution in [0, 0.1) is 5.82 Å². The monoisotopic (exact) mass is 267 g/mol. The molecule has 2 N–H and O–H groups in total. The molecule has 0 spiro atoms. The average Bonchev–Trinajstić information content (AvgIpc) is 2.35. The van der Waals surface area contributed by atoms with Crippen LogP contribution < -0.4 is 15.4 Å². The van der Waals surface area contributed by atoms with Gasteiger partial charge in [-0.05, 0) is 20.9 Å². The Morgan fingerprint density at radius 2 is 1.84 bits per heavy atom. The number of methoxy groups -OCH3 is 1.